The molecule has 5 nitrogen and oxygen atoms in total. The topological polar surface area (TPSA) is 63.5 Å². The van der Waals surface area contributed by atoms with E-state index in [-0.39, 0.29) is 11.7 Å². The van der Waals surface area contributed by atoms with Crippen molar-refractivity contribution in [2.45, 2.75) is 13.5 Å². The SMILES string of the molecule is COCCn1cccc1C(=O)Nc1ccc(O)c(C)c1. The molecule has 2 aromatic rings. The molecule has 106 valence electrons. The number of nitrogens with zero attached hydrogens (tertiary/aromatic N) is 1. The fraction of sp³-hybridized carbons (Fsp3) is 0.267. The van der Waals surface area contributed by atoms with Crippen LogP contribution in [0.25, 0.3) is 0 Å². The van der Waals surface area contributed by atoms with E-state index >= 15 is 0 Å². The molecule has 5 heteroatoms. The molecule has 1 amide bonds. The molecule has 0 saturated carbocycles. The number of aromatic hydroxyl groups is 1. The molecular weight excluding hydrogens is 256 g/mol. The van der Waals surface area contributed by atoms with Crippen LogP contribution in [-0.2, 0) is 11.3 Å². The van der Waals surface area contributed by atoms with Crippen LogP contribution < -0.4 is 5.32 Å². The fourth-order valence-corrected chi connectivity index (χ4v) is 1.93. The van der Waals surface area contributed by atoms with E-state index in [4.69, 9.17) is 4.74 Å². The summed E-state index contributed by atoms with van der Waals surface area (Å²) in [7, 11) is 1.63. The second-order valence-electron chi connectivity index (χ2n) is 4.54. The predicted molar refractivity (Wildman–Crippen MR) is 77.1 cm³/mol. The lowest BCUT2D eigenvalue weighted by Crippen LogP contribution is -2.18. The molecule has 0 saturated heterocycles. The highest BCUT2D eigenvalue weighted by atomic mass is 16.5. The van der Waals surface area contributed by atoms with Crippen molar-refractivity contribution in [2.24, 2.45) is 0 Å². The van der Waals surface area contributed by atoms with Gasteiger partial charge in [0, 0.05) is 25.5 Å². The lowest BCUT2D eigenvalue weighted by atomic mass is 10.2. The van der Waals surface area contributed by atoms with E-state index in [1.165, 1.54) is 0 Å². The Bertz CT molecular complexity index is 605. The van der Waals surface area contributed by atoms with Gasteiger partial charge < -0.3 is 19.7 Å². The van der Waals surface area contributed by atoms with E-state index in [0.29, 0.717) is 24.5 Å². The van der Waals surface area contributed by atoms with Crippen LogP contribution in [0.2, 0.25) is 0 Å². The first-order chi connectivity index (χ1) is 9.61. The predicted octanol–water partition coefficient (Wildman–Crippen LogP) is 2.40. The van der Waals surface area contributed by atoms with Crippen molar-refractivity contribution in [3.05, 3.63) is 47.8 Å². The van der Waals surface area contributed by atoms with Gasteiger partial charge in [-0.3, -0.25) is 4.79 Å². The number of ether oxygens (including phenoxy) is 1. The number of hydrogen-bond acceptors (Lipinski definition) is 3. The van der Waals surface area contributed by atoms with Crippen molar-refractivity contribution in [2.75, 3.05) is 19.0 Å². The third-order valence-corrected chi connectivity index (χ3v) is 3.05. The Hall–Kier alpha value is -2.27. The van der Waals surface area contributed by atoms with E-state index < -0.39 is 0 Å². The maximum absolute atomic E-state index is 12.2. The molecule has 0 spiro atoms. The molecule has 0 atom stereocenters. The summed E-state index contributed by atoms with van der Waals surface area (Å²) in [5.41, 5.74) is 1.95. The van der Waals surface area contributed by atoms with Crippen molar-refractivity contribution in [3.8, 4) is 5.75 Å². The normalized spacial score (nSPS) is 10.5. The number of phenolic OH excluding ortho intramolecular Hbond substituents is 1. The van der Waals surface area contributed by atoms with Crippen LogP contribution in [0, 0.1) is 6.92 Å². The summed E-state index contributed by atoms with van der Waals surface area (Å²) in [6, 6.07) is 8.55. The zero-order valence-electron chi connectivity index (χ0n) is 11.6. The number of phenols is 1. The molecule has 0 aliphatic carbocycles. The zero-order chi connectivity index (χ0) is 14.5. The van der Waals surface area contributed by atoms with Crippen molar-refractivity contribution in [1.29, 1.82) is 0 Å². The first-order valence-corrected chi connectivity index (χ1v) is 6.37. The van der Waals surface area contributed by atoms with Gasteiger partial charge in [0.15, 0.2) is 0 Å². The number of benzene rings is 1. The van der Waals surface area contributed by atoms with E-state index in [2.05, 4.69) is 5.32 Å². The lowest BCUT2D eigenvalue weighted by Gasteiger charge is -2.10. The van der Waals surface area contributed by atoms with Crippen LogP contribution in [0.15, 0.2) is 36.5 Å². The van der Waals surface area contributed by atoms with Gasteiger partial charge >= 0.3 is 0 Å². The molecule has 0 bridgehead atoms. The largest absolute Gasteiger partial charge is 0.508 e. The van der Waals surface area contributed by atoms with Gasteiger partial charge in [-0.05, 0) is 42.8 Å². The number of methoxy groups -OCH3 is 1. The summed E-state index contributed by atoms with van der Waals surface area (Å²) in [6.07, 6.45) is 1.84. The number of carbonyl (C=O) groups excluding carboxylic acids is 1. The molecule has 20 heavy (non-hydrogen) atoms. The molecule has 0 aliphatic heterocycles. The smallest absolute Gasteiger partial charge is 0.272 e. The number of amides is 1. The summed E-state index contributed by atoms with van der Waals surface area (Å²) in [4.78, 5) is 12.2. The van der Waals surface area contributed by atoms with Gasteiger partial charge in [0.05, 0.1) is 6.61 Å². The van der Waals surface area contributed by atoms with Crippen LogP contribution in [0.4, 0.5) is 5.69 Å². The Balaban J connectivity index is 2.11. The molecule has 0 aliphatic rings. The number of hydrogen-bond donors (Lipinski definition) is 2. The van der Waals surface area contributed by atoms with E-state index in [0.717, 1.165) is 5.56 Å². The Labute approximate surface area is 117 Å². The third kappa shape index (κ3) is 3.19. The van der Waals surface area contributed by atoms with Gasteiger partial charge in [-0.25, -0.2) is 0 Å². The summed E-state index contributed by atoms with van der Waals surface area (Å²) in [6.45, 7) is 2.96. The van der Waals surface area contributed by atoms with Gasteiger partial charge in [0.2, 0.25) is 0 Å². The third-order valence-electron chi connectivity index (χ3n) is 3.05. The molecule has 1 aromatic carbocycles. The van der Waals surface area contributed by atoms with Gasteiger partial charge in [-0.2, -0.15) is 0 Å². The average Bonchev–Trinajstić information content (AvgIpc) is 2.89. The molecule has 1 heterocycles. The van der Waals surface area contributed by atoms with Crippen LogP contribution in [0.3, 0.4) is 0 Å². The Morgan fingerprint density at radius 1 is 1.40 bits per heavy atom. The first kappa shape index (κ1) is 14.1. The van der Waals surface area contributed by atoms with Gasteiger partial charge in [0.25, 0.3) is 5.91 Å². The standard InChI is InChI=1S/C15H18N2O3/c1-11-10-12(5-6-14(11)18)16-15(19)13-4-3-7-17(13)8-9-20-2/h3-7,10,18H,8-9H2,1-2H3,(H,16,19). The maximum Gasteiger partial charge on any atom is 0.272 e. The summed E-state index contributed by atoms with van der Waals surface area (Å²) >= 11 is 0. The van der Waals surface area contributed by atoms with E-state index in [9.17, 15) is 9.90 Å². The van der Waals surface area contributed by atoms with Gasteiger partial charge in [0.1, 0.15) is 11.4 Å². The fourth-order valence-electron chi connectivity index (χ4n) is 1.93. The van der Waals surface area contributed by atoms with Crippen LogP contribution in [0.1, 0.15) is 16.1 Å². The molecule has 0 unspecified atom stereocenters. The zero-order valence-corrected chi connectivity index (χ0v) is 11.6. The minimum Gasteiger partial charge on any atom is -0.508 e. The molecule has 0 fully saturated rings. The number of nitrogens with one attached hydrogen (secondary N) is 1. The van der Waals surface area contributed by atoms with Crippen LogP contribution in [-0.4, -0.2) is 29.3 Å². The molecule has 2 rings (SSSR count). The number of aromatic nitrogens is 1. The van der Waals surface area contributed by atoms with Crippen LogP contribution >= 0.6 is 0 Å². The number of carbonyl (C=O) groups is 1. The second kappa shape index (κ2) is 6.25. The highest BCUT2D eigenvalue weighted by molar-refractivity contribution is 6.03. The first-order valence-electron chi connectivity index (χ1n) is 6.37. The number of aryl methyl sites for hydroxylation is 1. The quantitative estimate of drug-likeness (QED) is 0.823. The highest BCUT2D eigenvalue weighted by Gasteiger charge is 2.11. The molecule has 1 aromatic heterocycles. The molecule has 2 N–H and O–H groups in total. The summed E-state index contributed by atoms with van der Waals surface area (Å²) < 4.78 is 6.86. The van der Waals surface area contributed by atoms with Gasteiger partial charge in [-0.15, -0.1) is 0 Å². The van der Waals surface area contributed by atoms with Gasteiger partial charge in [-0.1, -0.05) is 0 Å². The van der Waals surface area contributed by atoms with Crippen molar-refractivity contribution >= 4 is 11.6 Å². The average molecular weight is 274 g/mol. The lowest BCUT2D eigenvalue weighted by molar-refractivity contribution is 0.101. The number of anilines is 1. The Morgan fingerprint density at radius 3 is 2.90 bits per heavy atom. The van der Waals surface area contributed by atoms with Crippen molar-refractivity contribution in [3.63, 3.8) is 0 Å². The van der Waals surface area contributed by atoms with E-state index in [1.807, 2.05) is 16.8 Å². The summed E-state index contributed by atoms with van der Waals surface area (Å²) in [5.74, 6) is 0.0302. The van der Waals surface area contributed by atoms with Crippen LogP contribution in [0.5, 0.6) is 5.75 Å². The Kier molecular flexibility index (Phi) is 4.42. The van der Waals surface area contributed by atoms with E-state index in [1.54, 1.807) is 38.3 Å². The summed E-state index contributed by atoms with van der Waals surface area (Å²) in [5, 5.41) is 12.3. The highest BCUT2D eigenvalue weighted by Crippen LogP contribution is 2.20. The molecular formula is C15H18N2O3. The minimum atomic E-state index is -0.184. The maximum atomic E-state index is 12.2. The number of rotatable bonds is 5. The monoisotopic (exact) mass is 274 g/mol. The minimum absolute atomic E-state index is 0.184. The Morgan fingerprint density at radius 2 is 2.20 bits per heavy atom. The van der Waals surface area contributed by atoms with Crippen molar-refractivity contribution < 1.29 is 14.6 Å². The second-order valence-corrected chi connectivity index (χ2v) is 4.54. The van der Waals surface area contributed by atoms with Crippen molar-refractivity contribution in [1.82, 2.24) is 4.57 Å². The molecule has 0 radical (unpaired) electrons.